The SMILES string of the molecule is NCC#Cc1cc(C(=O)NC2Cc3ccccc3C2)cs1. The monoisotopic (exact) mass is 296 g/mol. The van der Waals surface area contributed by atoms with Gasteiger partial charge in [0.25, 0.3) is 5.91 Å². The quantitative estimate of drug-likeness (QED) is 0.832. The molecule has 1 aromatic carbocycles. The van der Waals surface area contributed by atoms with E-state index in [0.29, 0.717) is 12.1 Å². The third kappa shape index (κ3) is 3.15. The Bertz CT molecular complexity index is 699. The highest BCUT2D eigenvalue weighted by molar-refractivity contribution is 7.10. The van der Waals surface area contributed by atoms with Gasteiger partial charge in [0.1, 0.15) is 0 Å². The van der Waals surface area contributed by atoms with Gasteiger partial charge in [-0.1, -0.05) is 36.1 Å². The molecule has 1 heterocycles. The van der Waals surface area contributed by atoms with Crippen molar-refractivity contribution >= 4 is 17.2 Å². The minimum absolute atomic E-state index is 0.0233. The summed E-state index contributed by atoms with van der Waals surface area (Å²) in [6, 6.07) is 10.4. The van der Waals surface area contributed by atoms with E-state index in [1.165, 1.54) is 22.5 Å². The van der Waals surface area contributed by atoms with Crippen molar-refractivity contribution in [2.24, 2.45) is 5.73 Å². The van der Waals surface area contributed by atoms with Crippen LogP contribution < -0.4 is 11.1 Å². The average molecular weight is 296 g/mol. The molecule has 1 amide bonds. The van der Waals surface area contributed by atoms with E-state index in [4.69, 9.17) is 5.73 Å². The molecule has 0 atom stereocenters. The lowest BCUT2D eigenvalue weighted by molar-refractivity contribution is 0.0939. The number of carbonyl (C=O) groups excluding carboxylic acids is 1. The van der Waals surface area contributed by atoms with Gasteiger partial charge in [0.15, 0.2) is 0 Å². The van der Waals surface area contributed by atoms with Gasteiger partial charge < -0.3 is 11.1 Å². The van der Waals surface area contributed by atoms with E-state index in [1.54, 1.807) is 0 Å². The van der Waals surface area contributed by atoms with Crippen LogP contribution in [0.2, 0.25) is 0 Å². The molecule has 0 fully saturated rings. The average Bonchev–Trinajstić information content (AvgIpc) is 3.11. The largest absolute Gasteiger partial charge is 0.349 e. The van der Waals surface area contributed by atoms with Gasteiger partial charge in [0.2, 0.25) is 0 Å². The summed E-state index contributed by atoms with van der Waals surface area (Å²) in [7, 11) is 0. The Morgan fingerprint density at radius 2 is 2.05 bits per heavy atom. The number of benzene rings is 1. The zero-order chi connectivity index (χ0) is 14.7. The molecule has 0 saturated carbocycles. The number of carbonyl (C=O) groups is 1. The third-order valence-electron chi connectivity index (χ3n) is 3.56. The van der Waals surface area contributed by atoms with E-state index < -0.39 is 0 Å². The Hall–Kier alpha value is -2.09. The number of fused-ring (bicyclic) bond motifs is 1. The first-order valence-corrected chi connectivity index (χ1v) is 7.79. The molecule has 1 aliphatic rings. The summed E-state index contributed by atoms with van der Waals surface area (Å²) in [6.07, 6.45) is 1.82. The Labute approximate surface area is 128 Å². The van der Waals surface area contributed by atoms with Crippen LogP contribution in [-0.2, 0) is 12.8 Å². The lowest BCUT2D eigenvalue weighted by atomic mass is 10.1. The molecule has 2 aromatic rings. The van der Waals surface area contributed by atoms with Gasteiger partial charge in [0, 0.05) is 11.4 Å². The highest BCUT2D eigenvalue weighted by Crippen LogP contribution is 2.22. The van der Waals surface area contributed by atoms with E-state index in [1.807, 2.05) is 23.6 Å². The minimum atomic E-state index is -0.0233. The molecule has 21 heavy (non-hydrogen) atoms. The summed E-state index contributed by atoms with van der Waals surface area (Å²) < 4.78 is 0. The van der Waals surface area contributed by atoms with Crippen LogP contribution in [-0.4, -0.2) is 18.5 Å². The number of nitrogens with one attached hydrogen (secondary N) is 1. The smallest absolute Gasteiger partial charge is 0.252 e. The van der Waals surface area contributed by atoms with Crippen LogP contribution in [0.1, 0.15) is 26.4 Å². The molecule has 3 rings (SSSR count). The highest BCUT2D eigenvalue weighted by Gasteiger charge is 2.23. The first kappa shape index (κ1) is 13.9. The van der Waals surface area contributed by atoms with Gasteiger partial charge in [-0.15, -0.1) is 11.3 Å². The van der Waals surface area contributed by atoms with Crippen LogP contribution in [0, 0.1) is 11.8 Å². The summed E-state index contributed by atoms with van der Waals surface area (Å²) in [5.41, 5.74) is 8.69. The summed E-state index contributed by atoms with van der Waals surface area (Å²) in [5, 5.41) is 4.95. The second kappa shape index (κ2) is 6.13. The van der Waals surface area contributed by atoms with Gasteiger partial charge in [-0.25, -0.2) is 0 Å². The number of amides is 1. The molecule has 1 aliphatic carbocycles. The number of hydrogen-bond donors (Lipinski definition) is 2. The lowest BCUT2D eigenvalue weighted by Crippen LogP contribution is -2.35. The maximum atomic E-state index is 12.3. The number of rotatable bonds is 2. The van der Waals surface area contributed by atoms with Crippen molar-refractivity contribution in [1.82, 2.24) is 5.32 Å². The first-order chi connectivity index (χ1) is 10.3. The van der Waals surface area contributed by atoms with Gasteiger partial charge >= 0.3 is 0 Å². The van der Waals surface area contributed by atoms with E-state index in [-0.39, 0.29) is 11.9 Å². The van der Waals surface area contributed by atoms with Crippen molar-refractivity contribution < 1.29 is 4.79 Å². The van der Waals surface area contributed by atoms with E-state index in [2.05, 4.69) is 29.3 Å². The van der Waals surface area contributed by atoms with Crippen molar-refractivity contribution in [3.05, 3.63) is 57.3 Å². The van der Waals surface area contributed by atoms with Crippen molar-refractivity contribution in [1.29, 1.82) is 0 Å². The highest BCUT2D eigenvalue weighted by atomic mass is 32.1. The van der Waals surface area contributed by atoms with Crippen LogP contribution in [0.3, 0.4) is 0 Å². The maximum Gasteiger partial charge on any atom is 0.252 e. The zero-order valence-electron chi connectivity index (χ0n) is 11.6. The topological polar surface area (TPSA) is 55.1 Å². The number of hydrogen-bond acceptors (Lipinski definition) is 3. The predicted molar refractivity (Wildman–Crippen MR) is 85.4 cm³/mol. The Kier molecular flexibility index (Phi) is 4.05. The van der Waals surface area contributed by atoms with E-state index in [0.717, 1.165) is 17.7 Å². The second-order valence-corrected chi connectivity index (χ2v) is 5.96. The van der Waals surface area contributed by atoms with E-state index >= 15 is 0 Å². The molecule has 0 bridgehead atoms. The third-order valence-corrected chi connectivity index (χ3v) is 4.41. The number of nitrogens with two attached hydrogens (primary N) is 1. The van der Waals surface area contributed by atoms with Crippen LogP contribution in [0.5, 0.6) is 0 Å². The molecule has 0 aliphatic heterocycles. The molecule has 3 nitrogen and oxygen atoms in total. The van der Waals surface area contributed by atoms with Crippen molar-refractivity contribution in [2.75, 3.05) is 6.54 Å². The van der Waals surface area contributed by atoms with Crippen molar-refractivity contribution in [2.45, 2.75) is 18.9 Å². The summed E-state index contributed by atoms with van der Waals surface area (Å²) in [5.74, 6) is 5.73. The molecule has 0 unspecified atom stereocenters. The van der Waals surface area contributed by atoms with Crippen molar-refractivity contribution in [3.63, 3.8) is 0 Å². The zero-order valence-corrected chi connectivity index (χ0v) is 12.4. The van der Waals surface area contributed by atoms with Crippen molar-refractivity contribution in [3.8, 4) is 11.8 Å². The second-order valence-electron chi connectivity index (χ2n) is 5.05. The Balaban J connectivity index is 1.64. The fourth-order valence-corrected chi connectivity index (χ4v) is 3.34. The number of thiophene rings is 1. The normalized spacial score (nSPS) is 13.4. The van der Waals surface area contributed by atoms with E-state index in [9.17, 15) is 4.79 Å². The van der Waals surface area contributed by atoms with Crippen LogP contribution >= 0.6 is 11.3 Å². The molecule has 0 spiro atoms. The first-order valence-electron chi connectivity index (χ1n) is 6.91. The van der Waals surface area contributed by atoms with Gasteiger partial charge in [-0.3, -0.25) is 4.79 Å². The van der Waals surface area contributed by atoms with Crippen LogP contribution in [0.15, 0.2) is 35.7 Å². The maximum absolute atomic E-state index is 12.3. The molecule has 106 valence electrons. The molecule has 1 aromatic heterocycles. The lowest BCUT2D eigenvalue weighted by Gasteiger charge is -2.10. The summed E-state index contributed by atoms with van der Waals surface area (Å²) in [4.78, 5) is 13.1. The summed E-state index contributed by atoms with van der Waals surface area (Å²) >= 11 is 1.47. The van der Waals surface area contributed by atoms with Gasteiger partial charge in [-0.2, -0.15) is 0 Å². The van der Waals surface area contributed by atoms with Crippen LogP contribution in [0.25, 0.3) is 0 Å². The van der Waals surface area contributed by atoms with Crippen LogP contribution in [0.4, 0.5) is 0 Å². The van der Waals surface area contributed by atoms with Gasteiger partial charge in [0.05, 0.1) is 17.0 Å². The summed E-state index contributed by atoms with van der Waals surface area (Å²) in [6.45, 7) is 0.333. The molecule has 3 N–H and O–H groups in total. The fourth-order valence-electron chi connectivity index (χ4n) is 2.59. The Morgan fingerprint density at radius 3 is 2.71 bits per heavy atom. The molecule has 4 heteroatoms. The predicted octanol–water partition coefficient (Wildman–Crippen LogP) is 1.96. The molecular weight excluding hydrogens is 280 g/mol. The standard InChI is InChI=1S/C17H16N2OS/c18-7-3-6-16-10-14(11-21-16)17(20)19-15-8-12-4-1-2-5-13(12)9-15/h1-2,4-5,10-11,15H,7-9,18H2,(H,19,20). The fraction of sp³-hybridized carbons (Fsp3) is 0.235. The van der Waals surface area contributed by atoms with Gasteiger partial charge in [-0.05, 0) is 30.0 Å². The molecular formula is C17H16N2OS. The minimum Gasteiger partial charge on any atom is -0.349 e. The Morgan fingerprint density at radius 1 is 1.33 bits per heavy atom. The molecule has 0 radical (unpaired) electrons. The molecule has 0 saturated heterocycles.